The van der Waals surface area contributed by atoms with E-state index in [1.807, 2.05) is 0 Å². The molecule has 0 spiro atoms. The molecule has 4 nitrogen and oxygen atoms in total. The molecule has 0 atom stereocenters. The van der Waals surface area contributed by atoms with Crippen molar-refractivity contribution in [3.05, 3.63) is 64.5 Å². The number of carbonyl (C=O) groups is 1. The number of halogens is 2. The number of hydrogen-bond donors (Lipinski definition) is 1. The molecule has 0 aliphatic rings. The minimum absolute atomic E-state index is 0.161. The first-order chi connectivity index (χ1) is 14.6. The number of fused-ring (bicyclic) bond motifs is 1. The highest BCUT2D eigenvalue weighted by molar-refractivity contribution is 6.16. The highest BCUT2D eigenvalue weighted by atomic mass is 19.1. The fourth-order valence-corrected chi connectivity index (χ4v) is 3.34. The highest BCUT2D eigenvalue weighted by Gasteiger charge is 2.24. The summed E-state index contributed by atoms with van der Waals surface area (Å²) < 4.78 is 34.4. The monoisotopic (exact) mass is 410 g/mol. The number of H-pyrrole nitrogens is 1. The molecule has 0 unspecified atom stereocenters. The van der Waals surface area contributed by atoms with E-state index >= 15 is 4.39 Å². The summed E-state index contributed by atoms with van der Waals surface area (Å²) in [6, 6.07) is 4.27. The van der Waals surface area contributed by atoms with E-state index in [0.29, 0.717) is 28.6 Å². The maximum Gasteiger partial charge on any atom is 0.201 e. The van der Waals surface area contributed by atoms with Crippen molar-refractivity contribution in [3.63, 3.8) is 0 Å². The summed E-state index contributed by atoms with van der Waals surface area (Å²) in [4.78, 5) is 20.2. The van der Waals surface area contributed by atoms with Gasteiger partial charge in [0.25, 0.3) is 0 Å². The maximum atomic E-state index is 15.0. The minimum atomic E-state index is -0.867. The molecule has 0 saturated heterocycles. The van der Waals surface area contributed by atoms with Crippen LogP contribution in [0.25, 0.3) is 11.0 Å². The number of benzene rings is 1. The Morgan fingerprint density at radius 2 is 2.07 bits per heavy atom. The van der Waals surface area contributed by atoms with Gasteiger partial charge in [-0.05, 0) is 30.5 Å². The maximum absolute atomic E-state index is 15.0. The lowest BCUT2D eigenvalue weighted by atomic mass is 9.97. The molecule has 0 aliphatic carbocycles. The van der Waals surface area contributed by atoms with Crippen molar-refractivity contribution >= 4 is 16.8 Å². The van der Waals surface area contributed by atoms with Gasteiger partial charge < -0.3 is 9.72 Å². The molecule has 0 saturated carbocycles. The third kappa shape index (κ3) is 4.74. The number of nitrogens with zero attached hydrogens (tertiary/aromatic N) is 1. The molecule has 0 fully saturated rings. The van der Waals surface area contributed by atoms with Crippen LogP contribution in [0.1, 0.15) is 59.7 Å². The highest BCUT2D eigenvalue weighted by Crippen LogP contribution is 2.26. The van der Waals surface area contributed by atoms with Gasteiger partial charge in [-0.1, -0.05) is 44.1 Å². The van der Waals surface area contributed by atoms with Crippen molar-refractivity contribution in [3.8, 4) is 11.8 Å². The van der Waals surface area contributed by atoms with Crippen LogP contribution >= 0.6 is 0 Å². The summed E-state index contributed by atoms with van der Waals surface area (Å²) in [6.45, 7) is 2.36. The number of pyridine rings is 1. The lowest BCUT2D eigenvalue weighted by Gasteiger charge is -2.09. The van der Waals surface area contributed by atoms with E-state index in [9.17, 15) is 9.18 Å². The van der Waals surface area contributed by atoms with Crippen molar-refractivity contribution in [1.29, 1.82) is 0 Å². The molecule has 0 bridgehead atoms. The second kappa shape index (κ2) is 10.1. The topological polar surface area (TPSA) is 55.0 Å². The summed E-state index contributed by atoms with van der Waals surface area (Å²) in [5.74, 6) is 3.34. The van der Waals surface area contributed by atoms with Crippen LogP contribution in [-0.2, 0) is 11.2 Å². The van der Waals surface area contributed by atoms with E-state index in [1.165, 1.54) is 18.3 Å². The zero-order valence-electron chi connectivity index (χ0n) is 17.1. The first kappa shape index (κ1) is 21.7. The van der Waals surface area contributed by atoms with Crippen LogP contribution in [0.4, 0.5) is 8.78 Å². The molecule has 30 heavy (non-hydrogen) atoms. The van der Waals surface area contributed by atoms with E-state index in [2.05, 4.69) is 28.7 Å². The van der Waals surface area contributed by atoms with Crippen LogP contribution in [0.15, 0.2) is 30.6 Å². The quantitative estimate of drug-likeness (QED) is 0.316. The Kier molecular flexibility index (Phi) is 7.31. The molecule has 0 aliphatic heterocycles. The molecule has 6 heteroatoms. The number of rotatable bonds is 8. The van der Waals surface area contributed by atoms with Crippen molar-refractivity contribution in [1.82, 2.24) is 9.97 Å². The number of nitrogens with one attached hydrogen (secondary N) is 1. The first-order valence-corrected chi connectivity index (χ1v) is 10.0. The molecular formula is C24H24F2N2O2. The van der Waals surface area contributed by atoms with E-state index in [4.69, 9.17) is 4.74 Å². The van der Waals surface area contributed by atoms with E-state index in [0.717, 1.165) is 25.7 Å². The van der Waals surface area contributed by atoms with Gasteiger partial charge in [-0.15, -0.1) is 0 Å². The van der Waals surface area contributed by atoms with Gasteiger partial charge in [-0.2, -0.15) is 0 Å². The molecule has 1 aromatic carbocycles. The summed E-state index contributed by atoms with van der Waals surface area (Å²) >= 11 is 0. The van der Waals surface area contributed by atoms with Gasteiger partial charge in [0, 0.05) is 36.0 Å². The van der Waals surface area contributed by atoms with Crippen molar-refractivity contribution < 1.29 is 18.3 Å². The molecule has 0 amide bonds. The number of unbranched alkanes of at least 4 members (excludes halogenated alkanes) is 3. The van der Waals surface area contributed by atoms with Crippen LogP contribution in [0, 0.1) is 23.5 Å². The second-order valence-corrected chi connectivity index (χ2v) is 7.09. The molecule has 2 heterocycles. The van der Waals surface area contributed by atoms with Crippen molar-refractivity contribution in [2.45, 2.75) is 39.0 Å². The number of ketones is 1. The van der Waals surface area contributed by atoms with Gasteiger partial charge in [0.2, 0.25) is 5.78 Å². The molecule has 156 valence electrons. The van der Waals surface area contributed by atoms with Gasteiger partial charge in [0.05, 0.1) is 5.56 Å². The number of aromatic nitrogens is 2. The van der Waals surface area contributed by atoms with Crippen molar-refractivity contribution in [2.75, 3.05) is 13.7 Å². The number of aryl methyl sites for hydroxylation is 1. The van der Waals surface area contributed by atoms with Gasteiger partial charge >= 0.3 is 0 Å². The number of hydrogen-bond acceptors (Lipinski definition) is 3. The lowest BCUT2D eigenvalue weighted by molar-refractivity contribution is 0.103. The summed E-state index contributed by atoms with van der Waals surface area (Å²) in [5.41, 5.74) is 1.03. The van der Waals surface area contributed by atoms with E-state index in [1.54, 1.807) is 19.4 Å². The predicted octanol–water partition coefficient (Wildman–Crippen LogP) is 5.19. The molecular weight excluding hydrogens is 386 g/mol. The molecule has 3 rings (SSSR count). The van der Waals surface area contributed by atoms with Crippen LogP contribution in [-0.4, -0.2) is 29.5 Å². The normalized spacial score (nSPS) is 10.8. The second-order valence-electron chi connectivity index (χ2n) is 7.09. The third-order valence-corrected chi connectivity index (χ3v) is 4.92. The summed E-state index contributed by atoms with van der Waals surface area (Å²) in [6.07, 6.45) is 7.37. The van der Waals surface area contributed by atoms with Gasteiger partial charge in [0.15, 0.2) is 0 Å². The Hall–Kier alpha value is -3.04. The summed E-state index contributed by atoms with van der Waals surface area (Å²) in [7, 11) is 1.54. The summed E-state index contributed by atoms with van der Waals surface area (Å²) in [5, 5.41) is 0.469. The standard InChI is InChI=1S/C24H24F2N2O2/c1-3-4-5-6-9-17-10-11-20(25)21(22(17)26)23(29)19-15-28-24-18(19)13-16(14-27-24)8-7-12-30-2/h10-11,13-15H,3-6,9,12H2,1-2H3,(H,27,28). The Balaban J connectivity index is 1.95. The van der Waals surface area contributed by atoms with Crippen LogP contribution in [0.5, 0.6) is 0 Å². The molecule has 3 aromatic rings. The fourth-order valence-electron chi connectivity index (χ4n) is 3.34. The lowest BCUT2D eigenvalue weighted by Crippen LogP contribution is -2.09. The van der Waals surface area contributed by atoms with Crippen molar-refractivity contribution in [2.24, 2.45) is 0 Å². The SMILES string of the molecule is CCCCCCc1ccc(F)c(C(=O)c2c[nH]c3ncc(C#CCOC)cc23)c1F. The Labute approximate surface area is 174 Å². The minimum Gasteiger partial charge on any atom is -0.372 e. The van der Waals surface area contributed by atoms with Gasteiger partial charge in [0.1, 0.15) is 23.9 Å². The van der Waals surface area contributed by atoms with Crippen LogP contribution in [0.3, 0.4) is 0 Å². The third-order valence-electron chi connectivity index (χ3n) is 4.92. The Morgan fingerprint density at radius 3 is 2.83 bits per heavy atom. The molecule has 2 aromatic heterocycles. The first-order valence-electron chi connectivity index (χ1n) is 10.0. The van der Waals surface area contributed by atoms with Crippen LogP contribution < -0.4 is 0 Å². The molecule has 0 radical (unpaired) electrons. The fraction of sp³-hybridized carbons (Fsp3) is 0.333. The predicted molar refractivity (Wildman–Crippen MR) is 112 cm³/mol. The van der Waals surface area contributed by atoms with E-state index < -0.39 is 23.0 Å². The largest absolute Gasteiger partial charge is 0.372 e. The van der Waals surface area contributed by atoms with Crippen LogP contribution in [0.2, 0.25) is 0 Å². The van der Waals surface area contributed by atoms with Gasteiger partial charge in [-0.3, -0.25) is 4.79 Å². The number of ether oxygens (including phenoxy) is 1. The van der Waals surface area contributed by atoms with E-state index in [-0.39, 0.29) is 12.2 Å². The Bertz CT molecular complexity index is 1110. The van der Waals surface area contributed by atoms with Gasteiger partial charge in [-0.25, -0.2) is 13.8 Å². The number of aromatic amines is 1. The average Bonchev–Trinajstić information content (AvgIpc) is 3.16. The Morgan fingerprint density at radius 1 is 1.23 bits per heavy atom. The molecule has 1 N–H and O–H groups in total. The average molecular weight is 410 g/mol. The number of methoxy groups -OCH3 is 1. The zero-order chi connectivity index (χ0) is 21.5. The number of carbonyl (C=O) groups excluding carboxylic acids is 1. The smallest absolute Gasteiger partial charge is 0.201 e. The zero-order valence-corrected chi connectivity index (χ0v) is 17.1.